The Labute approximate surface area is 112 Å². The van der Waals surface area contributed by atoms with E-state index in [2.05, 4.69) is 6.58 Å². The lowest BCUT2D eigenvalue weighted by Crippen LogP contribution is -2.02. The van der Waals surface area contributed by atoms with E-state index in [0.717, 1.165) is 5.57 Å². The molecule has 4 nitrogen and oxygen atoms in total. The molecule has 0 unspecified atom stereocenters. The monoisotopic (exact) mass is 262 g/mol. The van der Waals surface area contributed by atoms with Crippen LogP contribution in [-0.4, -0.2) is 23.5 Å². The van der Waals surface area contributed by atoms with Crippen molar-refractivity contribution >= 4 is 11.8 Å². The van der Waals surface area contributed by atoms with Crippen molar-refractivity contribution in [1.82, 2.24) is 0 Å². The van der Waals surface area contributed by atoms with Gasteiger partial charge in [-0.05, 0) is 43.2 Å². The fourth-order valence-electron chi connectivity index (χ4n) is 1.49. The van der Waals surface area contributed by atoms with Crippen LogP contribution in [0.3, 0.4) is 0 Å². The molecule has 0 saturated carbocycles. The molecule has 0 spiro atoms. The van der Waals surface area contributed by atoms with Crippen LogP contribution < -0.4 is 4.74 Å². The lowest BCUT2D eigenvalue weighted by atomic mass is 10.1. The van der Waals surface area contributed by atoms with Gasteiger partial charge in [0, 0.05) is 18.4 Å². The number of ether oxygens (including phenoxy) is 1. The average molecular weight is 262 g/mol. The van der Waals surface area contributed by atoms with E-state index in [-0.39, 0.29) is 18.6 Å². The molecule has 0 radical (unpaired) electrons. The van der Waals surface area contributed by atoms with E-state index in [1.807, 2.05) is 6.92 Å². The van der Waals surface area contributed by atoms with Gasteiger partial charge in [0.25, 0.3) is 0 Å². The molecule has 1 aromatic carbocycles. The van der Waals surface area contributed by atoms with Gasteiger partial charge in [0.2, 0.25) is 0 Å². The third kappa shape index (κ3) is 5.86. The van der Waals surface area contributed by atoms with Crippen LogP contribution in [0.1, 0.15) is 36.5 Å². The number of carboxylic acid groups (broad SMARTS) is 1. The first kappa shape index (κ1) is 15.0. The highest BCUT2D eigenvalue weighted by Crippen LogP contribution is 2.15. The summed E-state index contributed by atoms with van der Waals surface area (Å²) in [7, 11) is 0. The molecule has 0 aromatic heterocycles. The second kappa shape index (κ2) is 7.36. The third-order valence-electron chi connectivity index (χ3n) is 2.46. The van der Waals surface area contributed by atoms with Crippen LogP contribution in [0.15, 0.2) is 36.4 Å². The lowest BCUT2D eigenvalue weighted by Gasteiger charge is -2.06. The Balaban J connectivity index is 2.48. The molecule has 0 bridgehead atoms. The maximum atomic E-state index is 11.8. The van der Waals surface area contributed by atoms with E-state index >= 15 is 0 Å². The summed E-state index contributed by atoms with van der Waals surface area (Å²) in [4.78, 5) is 22.1. The molecule has 0 aliphatic rings. The average Bonchev–Trinajstić information content (AvgIpc) is 2.36. The quantitative estimate of drug-likeness (QED) is 0.577. The highest BCUT2D eigenvalue weighted by atomic mass is 16.5. The van der Waals surface area contributed by atoms with Crippen molar-refractivity contribution in [2.45, 2.75) is 26.2 Å². The van der Waals surface area contributed by atoms with Crippen LogP contribution >= 0.6 is 0 Å². The SMILES string of the molecule is C=C(C)COc1ccc(C(=O)CCCC(=O)O)cc1. The van der Waals surface area contributed by atoms with Crippen LogP contribution in [0, 0.1) is 0 Å². The van der Waals surface area contributed by atoms with Crippen LogP contribution in [0.4, 0.5) is 0 Å². The van der Waals surface area contributed by atoms with Crippen LogP contribution in [0.5, 0.6) is 5.75 Å². The summed E-state index contributed by atoms with van der Waals surface area (Å²) in [6.07, 6.45) is 0.631. The fraction of sp³-hybridized carbons (Fsp3) is 0.333. The molecule has 0 fully saturated rings. The Morgan fingerprint density at radius 1 is 1.21 bits per heavy atom. The molecule has 1 rings (SSSR count). The number of hydrogen-bond acceptors (Lipinski definition) is 3. The van der Waals surface area contributed by atoms with Gasteiger partial charge >= 0.3 is 5.97 Å². The van der Waals surface area contributed by atoms with Gasteiger partial charge in [0.15, 0.2) is 5.78 Å². The molecule has 4 heteroatoms. The smallest absolute Gasteiger partial charge is 0.303 e. The molecule has 0 aliphatic carbocycles. The van der Waals surface area contributed by atoms with Gasteiger partial charge in [-0.25, -0.2) is 0 Å². The summed E-state index contributed by atoms with van der Waals surface area (Å²) in [5.41, 5.74) is 1.50. The Kier molecular flexibility index (Phi) is 5.79. The normalized spacial score (nSPS) is 9.95. The predicted octanol–water partition coefficient (Wildman–Crippen LogP) is 3.08. The minimum absolute atomic E-state index is 0.0194. The highest BCUT2D eigenvalue weighted by molar-refractivity contribution is 5.96. The minimum atomic E-state index is -0.878. The third-order valence-corrected chi connectivity index (χ3v) is 2.46. The number of carboxylic acids is 1. The van der Waals surface area contributed by atoms with Crippen LogP contribution in [-0.2, 0) is 4.79 Å². The van der Waals surface area contributed by atoms with E-state index in [0.29, 0.717) is 24.3 Å². The zero-order valence-corrected chi connectivity index (χ0v) is 11.0. The topological polar surface area (TPSA) is 63.6 Å². The van der Waals surface area contributed by atoms with E-state index < -0.39 is 5.97 Å². The second-order valence-electron chi connectivity index (χ2n) is 4.44. The van der Waals surface area contributed by atoms with E-state index in [1.165, 1.54) is 0 Å². The Morgan fingerprint density at radius 2 is 1.84 bits per heavy atom. The van der Waals surface area contributed by atoms with Crippen molar-refractivity contribution in [3.05, 3.63) is 42.0 Å². The first-order valence-electron chi connectivity index (χ1n) is 6.11. The number of aliphatic carboxylic acids is 1. The first-order chi connectivity index (χ1) is 8.99. The van der Waals surface area contributed by atoms with Gasteiger partial charge < -0.3 is 9.84 Å². The molecular formula is C15H18O4. The van der Waals surface area contributed by atoms with Crippen LogP contribution in [0.25, 0.3) is 0 Å². The molecule has 0 atom stereocenters. The molecule has 102 valence electrons. The van der Waals surface area contributed by atoms with E-state index in [4.69, 9.17) is 9.84 Å². The number of hydrogen-bond donors (Lipinski definition) is 1. The van der Waals surface area contributed by atoms with Crippen molar-refractivity contribution in [1.29, 1.82) is 0 Å². The maximum absolute atomic E-state index is 11.8. The summed E-state index contributed by atoms with van der Waals surface area (Å²) in [5.74, 6) is -0.242. The van der Waals surface area contributed by atoms with Crippen molar-refractivity contribution < 1.29 is 19.4 Å². The van der Waals surface area contributed by atoms with Crippen molar-refractivity contribution in [2.75, 3.05) is 6.61 Å². The summed E-state index contributed by atoms with van der Waals surface area (Å²) in [6.45, 7) is 6.06. The Morgan fingerprint density at radius 3 is 2.37 bits per heavy atom. The first-order valence-corrected chi connectivity index (χ1v) is 6.11. The van der Waals surface area contributed by atoms with Gasteiger partial charge in [0.1, 0.15) is 12.4 Å². The number of carbonyl (C=O) groups excluding carboxylic acids is 1. The molecule has 0 aliphatic heterocycles. The van der Waals surface area contributed by atoms with Crippen molar-refractivity contribution in [3.63, 3.8) is 0 Å². The molecule has 0 amide bonds. The zero-order valence-electron chi connectivity index (χ0n) is 11.0. The van der Waals surface area contributed by atoms with E-state index in [9.17, 15) is 9.59 Å². The van der Waals surface area contributed by atoms with Crippen LogP contribution in [0.2, 0.25) is 0 Å². The highest BCUT2D eigenvalue weighted by Gasteiger charge is 2.07. The second-order valence-corrected chi connectivity index (χ2v) is 4.44. The van der Waals surface area contributed by atoms with Gasteiger partial charge in [-0.15, -0.1) is 0 Å². The molecule has 0 heterocycles. The van der Waals surface area contributed by atoms with Gasteiger partial charge in [-0.2, -0.15) is 0 Å². The Hall–Kier alpha value is -2.10. The lowest BCUT2D eigenvalue weighted by molar-refractivity contribution is -0.137. The molecule has 1 N–H and O–H groups in total. The number of ketones is 1. The number of carbonyl (C=O) groups is 2. The number of Topliss-reactive ketones (excluding diaryl/α,β-unsaturated/α-hetero) is 1. The minimum Gasteiger partial charge on any atom is -0.489 e. The molecule has 19 heavy (non-hydrogen) atoms. The predicted molar refractivity (Wildman–Crippen MR) is 72.6 cm³/mol. The van der Waals surface area contributed by atoms with E-state index in [1.54, 1.807) is 24.3 Å². The molecule has 0 saturated heterocycles. The standard InChI is InChI=1S/C15H18O4/c1-11(2)10-19-13-8-6-12(7-9-13)14(16)4-3-5-15(17)18/h6-9H,1,3-5,10H2,2H3,(H,17,18). The maximum Gasteiger partial charge on any atom is 0.303 e. The fourth-order valence-corrected chi connectivity index (χ4v) is 1.49. The summed E-state index contributed by atoms with van der Waals surface area (Å²) in [5, 5.41) is 8.50. The summed E-state index contributed by atoms with van der Waals surface area (Å²) >= 11 is 0. The summed E-state index contributed by atoms with van der Waals surface area (Å²) in [6, 6.07) is 6.84. The van der Waals surface area contributed by atoms with Gasteiger partial charge in [0.05, 0.1) is 0 Å². The number of rotatable bonds is 8. The largest absolute Gasteiger partial charge is 0.489 e. The van der Waals surface area contributed by atoms with Crippen molar-refractivity contribution in [3.8, 4) is 5.75 Å². The summed E-state index contributed by atoms with van der Waals surface area (Å²) < 4.78 is 5.43. The Bertz CT molecular complexity index is 460. The molecular weight excluding hydrogens is 244 g/mol. The van der Waals surface area contributed by atoms with Gasteiger partial charge in [-0.1, -0.05) is 6.58 Å². The number of benzene rings is 1. The van der Waals surface area contributed by atoms with Gasteiger partial charge in [-0.3, -0.25) is 9.59 Å². The van der Waals surface area contributed by atoms with Crippen molar-refractivity contribution in [2.24, 2.45) is 0 Å². The zero-order chi connectivity index (χ0) is 14.3. The molecule has 1 aromatic rings.